The highest BCUT2D eigenvalue weighted by molar-refractivity contribution is 4.88. The number of hydrogen-bond acceptors (Lipinski definition) is 2. The van der Waals surface area contributed by atoms with E-state index in [9.17, 15) is 0 Å². The summed E-state index contributed by atoms with van der Waals surface area (Å²) < 4.78 is 11.4. The van der Waals surface area contributed by atoms with Crippen molar-refractivity contribution in [3.63, 3.8) is 0 Å². The van der Waals surface area contributed by atoms with E-state index in [1.54, 1.807) is 0 Å². The van der Waals surface area contributed by atoms with Crippen LogP contribution in [0.1, 0.15) is 46.5 Å². The maximum absolute atomic E-state index is 5.85. The fourth-order valence-electron chi connectivity index (χ4n) is 3.85. The molecule has 2 heteroatoms. The van der Waals surface area contributed by atoms with Gasteiger partial charge in [0.15, 0.2) is 0 Å². The third kappa shape index (κ3) is 2.85. The monoisotopic (exact) mass is 240 g/mol. The SMILES string of the molecule is COC1CCC(C2CCC(C)OC2)C(C)C1C. The maximum atomic E-state index is 5.85. The van der Waals surface area contributed by atoms with Gasteiger partial charge in [-0.3, -0.25) is 0 Å². The Labute approximate surface area is 106 Å². The molecule has 6 unspecified atom stereocenters. The molecule has 6 atom stereocenters. The van der Waals surface area contributed by atoms with Gasteiger partial charge in [-0.25, -0.2) is 0 Å². The second-order valence-corrected chi connectivity index (χ2v) is 6.21. The minimum Gasteiger partial charge on any atom is -0.381 e. The molecule has 1 saturated heterocycles. The molecule has 1 aliphatic carbocycles. The summed E-state index contributed by atoms with van der Waals surface area (Å²) in [6, 6.07) is 0. The molecular formula is C15H28O2. The molecule has 0 radical (unpaired) electrons. The van der Waals surface area contributed by atoms with Crippen LogP contribution in [0.4, 0.5) is 0 Å². The molecule has 0 aromatic carbocycles. The Morgan fingerprint density at radius 3 is 2.29 bits per heavy atom. The number of methoxy groups -OCH3 is 1. The molecule has 0 spiro atoms. The summed E-state index contributed by atoms with van der Waals surface area (Å²) in [6.45, 7) is 7.96. The standard InChI is InChI=1S/C15H28O2/c1-10-5-6-13(9-17-10)14-7-8-15(16-4)12(3)11(14)2/h10-15H,5-9H2,1-4H3. The van der Waals surface area contributed by atoms with Crippen molar-refractivity contribution in [2.45, 2.75) is 58.7 Å². The topological polar surface area (TPSA) is 18.5 Å². The van der Waals surface area contributed by atoms with Gasteiger partial charge in [0.25, 0.3) is 0 Å². The lowest BCUT2D eigenvalue weighted by Gasteiger charge is -2.44. The Kier molecular flexibility index (Phi) is 4.48. The molecule has 17 heavy (non-hydrogen) atoms. The van der Waals surface area contributed by atoms with Crippen molar-refractivity contribution in [1.82, 2.24) is 0 Å². The van der Waals surface area contributed by atoms with Crippen LogP contribution in [0.3, 0.4) is 0 Å². The molecule has 0 bridgehead atoms. The van der Waals surface area contributed by atoms with Crippen LogP contribution >= 0.6 is 0 Å². The van der Waals surface area contributed by atoms with E-state index in [4.69, 9.17) is 9.47 Å². The highest BCUT2D eigenvalue weighted by Gasteiger charge is 2.38. The van der Waals surface area contributed by atoms with E-state index in [-0.39, 0.29) is 0 Å². The molecule has 2 fully saturated rings. The van der Waals surface area contributed by atoms with Gasteiger partial charge < -0.3 is 9.47 Å². The first-order chi connectivity index (χ1) is 8.13. The van der Waals surface area contributed by atoms with E-state index < -0.39 is 0 Å². The van der Waals surface area contributed by atoms with Crippen molar-refractivity contribution in [1.29, 1.82) is 0 Å². The van der Waals surface area contributed by atoms with Crippen molar-refractivity contribution < 1.29 is 9.47 Å². The fourth-order valence-corrected chi connectivity index (χ4v) is 3.85. The molecule has 0 aromatic heterocycles. The quantitative estimate of drug-likeness (QED) is 0.735. The molecule has 2 nitrogen and oxygen atoms in total. The van der Waals surface area contributed by atoms with Gasteiger partial charge in [0, 0.05) is 7.11 Å². The van der Waals surface area contributed by atoms with Crippen LogP contribution in [-0.2, 0) is 9.47 Å². The van der Waals surface area contributed by atoms with Crippen LogP contribution in [0.25, 0.3) is 0 Å². The van der Waals surface area contributed by atoms with Gasteiger partial charge >= 0.3 is 0 Å². The predicted octanol–water partition coefficient (Wildman–Crippen LogP) is 3.50. The normalized spacial score (nSPS) is 48.0. The Hall–Kier alpha value is -0.0800. The van der Waals surface area contributed by atoms with Gasteiger partial charge in [0.1, 0.15) is 0 Å². The largest absolute Gasteiger partial charge is 0.381 e. The lowest BCUT2D eigenvalue weighted by atomic mass is 9.66. The van der Waals surface area contributed by atoms with Crippen LogP contribution in [0.2, 0.25) is 0 Å². The van der Waals surface area contributed by atoms with Gasteiger partial charge in [-0.1, -0.05) is 13.8 Å². The zero-order chi connectivity index (χ0) is 12.4. The number of hydrogen-bond donors (Lipinski definition) is 0. The van der Waals surface area contributed by atoms with Crippen LogP contribution in [0.15, 0.2) is 0 Å². The summed E-state index contributed by atoms with van der Waals surface area (Å²) in [7, 11) is 1.86. The predicted molar refractivity (Wildman–Crippen MR) is 70.0 cm³/mol. The van der Waals surface area contributed by atoms with Crippen molar-refractivity contribution in [2.75, 3.05) is 13.7 Å². The molecule has 100 valence electrons. The Bertz CT molecular complexity index is 231. The smallest absolute Gasteiger partial charge is 0.0599 e. The van der Waals surface area contributed by atoms with Crippen molar-refractivity contribution in [3.8, 4) is 0 Å². The summed E-state index contributed by atoms with van der Waals surface area (Å²) in [5.74, 6) is 3.11. The molecule has 2 rings (SSSR count). The first-order valence-electron chi connectivity index (χ1n) is 7.27. The first kappa shape index (κ1) is 13.4. The van der Waals surface area contributed by atoms with Gasteiger partial charge in [-0.15, -0.1) is 0 Å². The van der Waals surface area contributed by atoms with Crippen molar-refractivity contribution in [3.05, 3.63) is 0 Å². The second-order valence-electron chi connectivity index (χ2n) is 6.21. The number of rotatable bonds is 2. The van der Waals surface area contributed by atoms with Gasteiger partial charge in [0.2, 0.25) is 0 Å². The van der Waals surface area contributed by atoms with E-state index in [1.165, 1.54) is 25.7 Å². The minimum absolute atomic E-state index is 0.477. The van der Waals surface area contributed by atoms with Crippen LogP contribution in [0, 0.1) is 23.7 Å². The van der Waals surface area contributed by atoms with Crippen LogP contribution in [0.5, 0.6) is 0 Å². The molecule has 0 amide bonds. The average molecular weight is 240 g/mol. The Morgan fingerprint density at radius 1 is 0.941 bits per heavy atom. The summed E-state index contributed by atoms with van der Waals surface area (Å²) >= 11 is 0. The van der Waals surface area contributed by atoms with E-state index in [2.05, 4.69) is 20.8 Å². The zero-order valence-electron chi connectivity index (χ0n) is 11.8. The lowest BCUT2D eigenvalue weighted by Crippen LogP contribution is -2.41. The third-order valence-electron chi connectivity index (χ3n) is 5.32. The molecule has 1 saturated carbocycles. The lowest BCUT2D eigenvalue weighted by molar-refractivity contribution is -0.0708. The van der Waals surface area contributed by atoms with Gasteiger partial charge in [-0.05, 0) is 56.3 Å². The molecular weight excluding hydrogens is 212 g/mol. The molecule has 0 N–H and O–H groups in total. The molecule has 2 aliphatic rings. The zero-order valence-corrected chi connectivity index (χ0v) is 11.8. The first-order valence-corrected chi connectivity index (χ1v) is 7.27. The minimum atomic E-state index is 0.477. The fraction of sp³-hybridized carbons (Fsp3) is 1.00. The Balaban J connectivity index is 1.93. The molecule has 1 aliphatic heterocycles. The second kappa shape index (κ2) is 5.71. The highest BCUT2D eigenvalue weighted by Crippen LogP contribution is 2.42. The van der Waals surface area contributed by atoms with E-state index >= 15 is 0 Å². The van der Waals surface area contributed by atoms with Crippen LogP contribution in [-0.4, -0.2) is 25.9 Å². The van der Waals surface area contributed by atoms with Gasteiger partial charge in [-0.2, -0.15) is 0 Å². The van der Waals surface area contributed by atoms with E-state index in [0.29, 0.717) is 18.1 Å². The third-order valence-corrected chi connectivity index (χ3v) is 5.32. The summed E-state index contributed by atoms with van der Waals surface area (Å²) in [6.07, 6.45) is 6.13. The van der Waals surface area contributed by atoms with Crippen molar-refractivity contribution >= 4 is 0 Å². The van der Waals surface area contributed by atoms with Crippen molar-refractivity contribution in [2.24, 2.45) is 23.7 Å². The van der Waals surface area contributed by atoms with Gasteiger partial charge in [0.05, 0.1) is 18.8 Å². The maximum Gasteiger partial charge on any atom is 0.0599 e. The Morgan fingerprint density at radius 2 is 1.71 bits per heavy atom. The summed E-state index contributed by atoms with van der Waals surface area (Å²) in [5, 5.41) is 0. The van der Waals surface area contributed by atoms with Crippen LogP contribution < -0.4 is 0 Å². The van der Waals surface area contributed by atoms with E-state index in [1.807, 2.05) is 7.11 Å². The molecule has 1 heterocycles. The average Bonchev–Trinajstić information content (AvgIpc) is 2.34. The summed E-state index contributed by atoms with van der Waals surface area (Å²) in [4.78, 5) is 0. The van der Waals surface area contributed by atoms with E-state index in [0.717, 1.165) is 24.4 Å². The summed E-state index contributed by atoms with van der Waals surface area (Å²) in [5.41, 5.74) is 0. The molecule has 0 aromatic rings. The highest BCUT2D eigenvalue weighted by atomic mass is 16.5. The number of ether oxygens (including phenoxy) is 2.